The topological polar surface area (TPSA) is 73.9 Å². The molecule has 0 saturated carbocycles. The van der Waals surface area contributed by atoms with Crippen molar-refractivity contribution >= 4 is 28.4 Å². The number of aromatic amines is 1. The molecule has 2 aromatic heterocycles. The lowest BCUT2D eigenvalue weighted by Crippen LogP contribution is -2.38. The van der Waals surface area contributed by atoms with Crippen LogP contribution in [0.5, 0.6) is 0 Å². The third kappa shape index (κ3) is 4.19. The number of nitrogens with one attached hydrogen (secondary N) is 2. The number of rotatable bonds is 4. The molecule has 3 heterocycles. The lowest BCUT2D eigenvalue weighted by Gasteiger charge is -2.32. The van der Waals surface area contributed by atoms with Gasteiger partial charge in [0.2, 0.25) is 5.91 Å². The number of carbonyl (C=O) groups is 1. The van der Waals surface area contributed by atoms with Crippen LogP contribution in [0, 0.1) is 18.7 Å². The van der Waals surface area contributed by atoms with Crippen LogP contribution in [0.2, 0.25) is 0 Å². The first kappa shape index (κ1) is 20.2. The Kier molecular flexibility index (Phi) is 5.31. The van der Waals surface area contributed by atoms with Gasteiger partial charge in [-0.05, 0) is 73.9 Å². The lowest BCUT2D eigenvalue weighted by atomic mass is 9.95. The standard InChI is InChI=1S/C25H24FN5O/c1-16-2-9-23(27-15-16)31-12-10-18(11-13-31)25(32)28-20-7-8-21-22(14-20)30-24(29-21)17-3-5-19(26)6-4-17/h2-9,14-15,18H,10-13H2,1H3,(H,28,32)(H,29,30). The molecule has 1 saturated heterocycles. The summed E-state index contributed by atoms with van der Waals surface area (Å²) < 4.78 is 13.2. The predicted molar refractivity (Wildman–Crippen MR) is 124 cm³/mol. The number of carbonyl (C=O) groups excluding carboxylic acids is 1. The Morgan fingerprint density at radius 3 is 2.59 bits per heavy atom. The van der Waals surface area contributed by atoms with E-state index in [1.165, 1.54) is 12.1 Å². The molecule has 0 radical (unpaired) electrons. The van der Waals surface area contributed by atoms with E-state index < -0.39 is 0 Å². The minimum atomic E-state index is -0.282. The van der Waals surface area contributed by atoms with Crippen molar-refractivity contribution in [3.8, 4) is 11.4 Å². The van der Waals surface area contributed by atoms with E-state index >= 15 is 0 Å². The Balaban J connectivity index is 1.24. The Labute approximate surface area is 185 Å². The summed E-state index contributed by atoms with van der Waals surface area (Å²) in [5, 5.41) is 3.05. The Morgan fingerprint density at radius 2 is 1.88 bits per heavy atom. The molecule has 7 heteroatoms. The quantitative estimate of drug-likeness (QED) is 0.483. The van der Waals surface area contributed by atoms with Gasteiger partial charge >= 0.3 is 0 Å². The van der Waals surface area contributed by atoms with Crippen LogP contribution in [-0.2, 0) is 4.79 Å². The molecule has 5 rings (SSSR count). The number of H-pyrrole nitrogens is 1. The molecule has 0 spiro atoms. The van der Waals surface area contributed by atoms with Crippen LogP contribution in [0.3, 0.4) is 0 Å². The first-order valence-corrected chi connectivity index (χ1v) is 10.8. The smallest absolute Gasteiger partial charge is 0.227 e. The summed E-state index contributed by atoms with van der Waals surface area (Å²) in [5.74, 6) is 1.37. The van der Waals surface area contributed by atoms with Crippen molar-refractivity contribution in [1.82, 2.24) is 15.0 Å². The second-order valence-corrected chi connectivity index (χ2v) is 8.27. The van der Waals surface area contributed by atoms with E-state index in [-0.39, 0.29) is 17.6 Å². The first-order chi connectivity index (χ1) is 15.5. The highest BCUT2D eigenvalue weighted by Gasteiger charge is 2.25. The molecular formula is C25H24FN5O. The molecule has 2 N–H and O–H groups in total. The SMILES string of the molecule is Cc1ccc(N2CCC(C(=O)Nc3ccc4nc(-c5ccc(F)cc5)[nH]c4c3)CC2)nc1. The predicted octanol–water partition coefficient (Wildman–Crippen LogP) is 4.93. The van der Waals surface area contributed by atoms with Gasteiger partial charge in [0.1, 0.15) is 17.5 Å². The zero-order chi connectivity index (χ0) is 22.1. The fraction of sp³-hybridized carbons (Fsp3) is 0.240. The van der Waals surface area contributed by atoms with Crippen LogP contribution in [0.1, 0.15) is 18.4 Å². The van der Waals surface area contributed by atoms with Crippen molar-refractivity contribution < 1.29 is 9.18 Å². The minimum Gasteiger partial charge on any atom is -0.357 e. The lowest BCUT2D eigenvalue weighted by molar-refractivity contribution is -0.120. The Morgan fingerprint density at radius 1 is 1.09 bits per heavy atom. The van der Waals surface area contributed by atoms with Gasteiger partial charge in [-0.3, -0.25) is 4.79 Å². The number of anilines is 2. The maximum atomic E-state index is 13.2. The van der Waals surface area contributed by atoms with Crippen LogP contribution < -0.4 is 10.2 Å². The van der Waals surface area contributed by atoms with Crippen molar-refractivity contribution in [1.29, 1.82) is 0 Å². The van der Waals surface area contributed by atoms with Gasteiger partial charge in [-0.25, -0.2) is 14.4 Å². The van der Waals surface area contributed by atoms with Gasteiger partial charge in [-0.15, -0.1) is 0 Å². The van der Waals surface area contributed by atoms with Crippen LogP contribution in [-0.4, -0.2) is 33.9 Å². The number of aromatic nitrogens is 3. The average molecular weight is 429 g/mol. The van der Waals surface area contributed by atoms with Crippen molar-refractivity contribution in [3.63, 3.8) is 0 Å². The molecule has 0 unspecified atom stereocenters. The average Bonchev–Trinajstić information content (AvgIpc) is 3.23. The molecule has 2 aromatic carbocycles. The summed E-state index contributed by atoms with van der Waals surface area (Å²) in [6, 6.07) is 15.9. The number of benzene rings is 2. The van der Waals surface area contributed by atoms with E-state index in [1.54, 1.807) is 12.1 Å². The molecule has 1 amide bonds. The highest BCUT2D eigenvalue weighted by molar-refractivity contribution is 5.95. The maximum Gasteiger partial charge on any atom is 0.227 e. The Hall–Kier alpha value is -3.74. The second-order valence-electron chi connectivity index (χ2n) is 8.27. The summed E-state index contributed by atoms with van der Waals surface area (Å²) in [5.41, 5.74) is 4.30. The number of aryl methyl sites for hydroxylation is 1. The fourth-order valence-corrected chi connectivity index (χ4v) is 4.09. The van der Waals surface area contributed by atoms with E-state index in [0.29, 0.717) is 5.82 Å². The van der Waals surface area contributed by atoms with Crippen LogP contribution in [0.4, 0.5) is 15.9 Å². The van der Waals surface area contributed by atoms with E-state index in [1.807, 2.05) is 37.4 Å². The van der Waals surface area contributed by atoms with Crippen molar-refractivity contribution in [2.75, 3.05) is 23.3 Å². The van der Waals surface area contributed by atoms with Crippen molar-refractivity contribution in [2.24, 2.45) is 5.92 Å². The third-order valence-corrected chi connectivity index (χ3v) is 5.95. The summed E-state index contributed by atoms with van der Waals surface area (Å²) in [6.45, 7) is 3.65. The van der Waals surface area contributed by atoms with Gasteiger partial charge in [0.05, 0.1) is 11.0 Å². The number of fused-ring (bicyclic) bond motifs is 1. The largest absolute Gasteiger partial charge is 0.357 e. The van der Waals surface area contributed by atoms with Gasteiger partial charge in [-0.1, -0.05) is 6.07 Å². The summed E-state index contributed by atoms with van der Waals surface area (Å²) in [4.78, 5) is 27.4. The molecule has 1 aliphatic rings. The van der Waals surface area contributed by atoms with Crippen LogP contribution in [0.15, 0.2) is 60.8 Å². The molecule has 1 aliphatic heterocycles. The molecule has 0 aliphatic carbocycles. The van der Waals surface area contributed by atoms with Gasteiger partial charge in [0, 0.05) is 36.5 Å². The summed E-state index contributed by atoms with van der Waals surface area (Å²) in [6.07, 6.45) is 3.46. The van der Waals surface area contributed by atoms with Gasteiger partial charge < -0.3 is 15.2 Å². The van der Waals surface area contributed by atoms with Crippen molar-refractivity contribution in [2.45, 2.75) is 19.8 Å². The second kappa shape index (κ2) is 8.42. The first-order valence-electron chi connectivity index (χ1n) is 10.8. The summed E-state index contributed by atoms with van der Waals surface area (Å²) >= 11 is 0. The Bertz CT molecular complexity index is 1240. The number of hydrogen-bond acceptors (Lipinski definition) is 4. The van der Waals surface area contributed by atoms with Gasteiger partial charge in [-0.2, -0.15) is 0 Å². The molecule has 0 atom stereocenters. The van der Waals surface area contributed by atoms with E-state index in [4.69, 9.17) is 0 Å². The number of hydrogen-bond donors (Lipinski definition) is 2. The van der Waals surface area contributed by atoms with E-state index in [9.17, 15) is 9.18 Å². The monoisotopic (exact) mass is 429 g/mol. The zero-order valence-corrected chi connectivity index (χ0v) is 17.8. The number of imidazole rings is 1. The zero-order valence-electron chi connectivity index (χ0n) is 17.8. The van der Waals surface area contributed by atoms with E-state index in [2.05, 4.69) is 31.2 Å². The number of amides is 1. The molecule has 0 bridgehead atoms. The van der Waals surface area contributed by atoms with Crippen molar-refractivity contribution in [3.05, 3.63) is 72.2 Å². The number of nitrogens with zero attached hydrogens (tertiary/aromatic N) is 3. The number of piperidine rings is 1. The molecular weight excluding hydrogens is 405 g/mol. The normalized spacial score (nSPS) is 14.6. The third-order valence-electron chi connectivity index (χ3n) is 5.95. The number of halogens is 1. The van der Waals surface area contributed by atoms with Crippen LogP contribution in [0.25, 0.3) is 22.4 Å². The summed E-state index contributed by atoms with van der Waals surface area (Å²) in [7, 11) is 0. The molecule has 162 valence electrons. The fourth-order valence-electron chi connectivity index (χ4n) is 4.09. The van der Waals surface area contributed by atoms with Gasteiger partial charge in [0.15, 0.2) is 0 Å². The highest BCUT2D eigenvalue weighted by Crippen LogP contribution is 2.26. The molecule has 32 heavy (non-hydrogen) atoms. The number of pyridine rings is 1. The van der Waals surface area contributed by atoms with E-state index in [0.717, 1.165) is 59.6 Å². The molecule has 6 nitrogen and oxygen atoms in total. The molecule has 4 aromatic rings. The van der Waals surface area contributed by atoms with Gasteiger partial charge in [0.25, 0.3) is 0 Å². The minimum absolute atomic E-state index is 0.0241. The highest BCUT2D eigenvalue weighted by atomic mass is 19.1. The maximum absolute atomic E-state index is 13.2. The van der Waals surface area contributed by atoms with Crippen LogP contribution >= 0.6 is 0 Å². The molecule has 1 fully saturated rings.